The molecule has 0 radical (unpaired) electrons. The van der Waals surface area contributed by atoms with Crippen LogP contribution in [0.5, 0.6) is 0 Å². The average Bonchev–Trinajstić information content (AvgIpc) is 3.10. The van der Waals surface area contributed by atoms with Gasteiger partial charge in [-0.3, -0.25) is 9.59 Å². The van der Waals surface area contributed by atoms with Crippen LogP contribution in [0.2, 0.25) is 0 Å². The minimum Gasteiger partial charge on any atom is -0.396 e. The van der Waals surface area contributed by atoms with Gasteiger partial charge in [0.05, 0.1) is 31.5 Å². The fraction of sp³-hybridized carbons (Fsp3) is 0.297. The molecule has 1 heterocycles. The maximum Gasteiger partial charge on any atom is 0.254 e. The van der Waals surface area contributed by atoms with Crippen molar-refractivity contribution in [2.45, 2.75) is 56.9 Å². The highest BCUT2D eigenvalue weighted by molar-refractivity contribution is 6.01. The number of rotatable bonds is 14. The first-order chi connectivity index (χ1) is 22.1. The van der Waals surface area contributed by atoms with Crippen molar-refractivity contribution in [3.05, 3.63) is 143 Å². The predicted octanol–water partition coefficient (Wildman–Crippen LogP) is 5.43. The zero-order valence-electron chi connectivity index (χ0n) is 25.3. The number of likely N-dealkylation sites (N-methyl/N-ethyl adjacent to an activating group) is 1. The first kappa shape index (κ1) is 32.2. The molecular formula is C37H39NO7. The van der Waals surface area contributed by atoms with Crippen molar-refractivity contribution in [2.75, 3.05) is 13.7 Å². The largest absolute Gasteiger partial charge is 0.396 e. The summed E-state index contributed by atoms with van der Waals surface area (Å²) >= 11 is 0. The lowest BCUT2D eigenvalue weighted by molar-refractivity contribution is -0.298. The molecule has 0 bridgehead atoms. The van der Waals surface area contributed by atoms with Gasteiger partial charge in [0.1, 0.15) is 18.2 Å². The van der Waals surface area contributed by atoms with Crippen LogP contribution in [0.3, 0.4) is 0 Å². The number of amides is 1. The van der Waals surface area contributed by atoms with Crippen LogP contribution in [0, 0.1) is 0 Å². The smallest absolute Gasteiger partial charge is 0.254 e. The summed E-state index contributed by atoms with van der Waals surface area (Å²) in [5.41, 5.74) is 3.39. The van der Waals surface area contributed by atoms with Crippen LogP contribution in [-0.4, -0.2) is 66.5 Å². The molecule has 8 nitrogen and oxygen atoms in total. The summed E-state index contributed by atoms with van der Waals surface area (Å²) in [6, 6.07) is 35.1. The van der Waals surface area contributed by atoms with Crippen molar-refractivity contribution >= 4 is 12.2 Å². The fourth-order valence-corrected chi connectivity index (χ4v) is 5.59. The van der Waals surface area contributed by atoms with E-state index in [1.165, 1.54) is 4.90 Å². The molecule has 4 aromatic rings. The van der Waals surface area contributed by atoms with Gasteiger partial charge < -0.3 is 29.0 Å². The van der Waals surface area contributed by atoms with Gasteiger partial charge in [-0.2, -0.15) is 0 Å². The van der Waals surface area contributed by atoms with Crippen LogP contribution in [0.1, 0.15) is 43.8 Å². The van der Waals surface area contributed by atoms with E-state index in [1.807, 2.05) is 91.0 Å². The molecule has 0 saturated carbocycles. The van der Waals surface area contributed by atoms with Crippen LogP contribution < -0.4 is 0 Å². The van der Waals surface area contributed by atoms with Gasteiger partial charge in [0.2, 0.25) is 0 Å². The number of aldehydes is 1. The zero-order chi connectivity index (χ0) is 31.4. The van der Waals surface area contributed by atoms with Gasteiger partial charge in [-0.15, -0.1) is 0 Å². The Labute approximate surface area is 264 Å². The summed E-state index contributed by atoms with van der Waals surface area (Å²) in [6.07, 6.45) is -1.97. The minimum atomic E-state index is -0.934. The molecule has 0 spiro atoms. The predicted molar refractivity (Wildman–Crippen MR) is 169 cm³/mol. The van der Waals surface area contributed by atoms with Crippen molar-refractivity contribution in [3.63, 3.8) is 0 Å². The molecule has 1 saturated heterocycles. The number of benzene rings is 4. The fourth-order valence-electron chi connectivity index (χ4n) is 5.59. The summed E-state index contributed by atoms with van der Waals surface area (Å²) in [6.45, 7) is 0.605. The Hall–Kier alpha value is -4.18. The van der Waals surface area contributed by atoms with E-state index >= 15 is 0 Å². The third kappa shape index (κ3) is 8.30. The molecule has 1 aliphatic heterocycles. The summed E-state index contributed by atoms with van der Waals surface area (Å²) < 4.78 is 26.2. The third-order valence-electron chi connectivity index (χ3n) is 7.94. The number of aliphatic hydroxyl groups excluding tert-OH is 1. The molecule has 5 rings (SSSR count). The lowest BCUT2D eigenvalue weighted by atomic mass is 9.92. The van der Waals surface area contributed by atoms with Crippen molar-refractivity contribution in [3.8, 4) is 0 Å². The van der Waals surface area contributed by atoms with E-state index in [1.54, 1.807) is 31.3 Å². The van der Waals surface area contributed by atoms with Crippen molar-refractivity contribution in [1.29, 1.82) is 0 Å². The molecule has 0 aromatic heterocycles. The Morgan fingerprint density at radius 1 is 0.733 bits per heavy atom. The van der Waals surface area contributed by atoms with E-state index in [9.17, 15) is 14.7 Å². The van der Waals surface area contributed by atoms with E-state index in [0.29, 0.717) is 6.29 Å². The monoisotopic (exact) mass is 609 g/mol. The zero-order valence-corrected chi connectivity index (χ0v) is 25.3. The number of hydrogen-bond donors (Lipinski definition) is 1. The maximum atomic E-state index is 14.1. The minimum absolute atomic E-state index is 0.140. The average molecular weight is 610 g/mol. The Morgan fingerprint density at radius 2 is 1.22 bits per heavy atom. The summed E-state index contributed by atoms with van der Waals surface area (Å²) in [4.78, 5) is 27.5. The van der Waals surface area contributed by atoms with E-state index in [-0.39, 0.29) is 49.9 Å². The molecule has 1 fully saturated rings. The summed E-state index contributed by atoms with van der Waals surface area (Å²) in [5, 5.41) is 10.1. The SMILES string of the molecule is CN(C(=O)c1ccccc1C=O)C1C(OCc2ccccc2)OC(CCO)C(OCc2ccccc2)C1OCc1ccccc1. The molecule has 1 N–H and O–H groups in total. The summed E-state index contributed by atoms with van der Waals surface area (Å²) in [7, 11) is 1.66. The summed E-state index contributed by atoms with van der Waals surface area (Å²) in [5.74, 6) is -0.379. The van der Waals surface area contributed by atoms with Gasteiger partial charge in [0.25, 0.3) is 5.91 Å². The third-order valence-corrected chi connectivity index (χ3v) is 7.94. The van der Waals surface area contributed by atoms with Gasteiger partial charge in [0, 0.05) is 19.2 Å². The van der Waals surface area contributed by atoms with Gasteiger partial charge in [-0.1, -0.05) is 109 Å². The maximum absolute atomic E-state index is 14.1. The van der Waals surface area contributed by atoms with E-state index in [0.717, 1.165) is 16.7 Å². The second-order valence-electron chi connectivity index (χ2n) is 11.0. The lowest BCUT2D eigenvalue weighted by Crippen LogP contribution is -2.65. The molecule has 5 atom stereocenters. The van der Waals surface area contributed by atoms with Crippen molar-refractivity contribution in [1.82, 2.24) is 4.90 Å². The van der Waals surface area contributed by atoms with Crippen LogP contribution in [0.4, 0.5) is 0 Å². The van der Waals surface area contributed by atoms with E-state index < -0.39 is 30.6 Å². The van der Waals surface area contributed by atoms with Gasteiger partial charge in [-0.05, 0) is 29.2 Å². The number of ether oxygens (including phenoxy) is 4. The Kier molecular flexibility index (Phi) is 11.6. The Bertz CT molecular complexity index is 1480. The second kappa shape index (κ2) is 16.2. The first-order valence-electron chi connectivity index (χ1n) is 15.1. The first-order valence-corrected chi connectivity index (χ1v) is 15.1. The Balaban J connectivity index is 1.53. The normalized spacial score (nSPS) is 21.2. The molecule has 1 aliphatic rings. The van der Waals surface area contributed by atoms with Crippen LogP contribution in [0.25, 0.3) is 0 Å². The Morgan fingerprint density at radius 3 is 1.76 bits per heavy atom. The molecule has 5 unspecified atom stereocenters. The molecule has 45 heavy (non-hydrogen) atoms. The number of carbonyl (C=O) groups is 2. The molecule has 8 heteroatoms. The van der Waals surface area contributed by atoms with Gasteiger partial charge in [-0.25, -0.2) is 0 Å². The van der Waals surface area contributed by atoms with E-state index in [4.69, 9.17) is 18.9 Å². The van der Waals surface area contributed by atoms with E-state index in [2.05, 4.69) is 0 Å². The molecule has 4 aromatic carbocycles. The van der Waals surface area contributed by atoms with Crippen molar-refractivity contribution < 1.29 is 33.6 Å². The molecule has 0 aliphatic carbocycles. The van der Waals surface area contributed by atoms with Gasteiger partial charge >= 0.3 is 0 Å². The molecule has 1 amide bonds. The van der Waals surface area contributed by atoms with Gasteiger partial charge in [0.15, 0.2) is 12.6 Å². The lowest BCUT2D eigenvalue weighted by Gasteiger charge is -2.49. The van der Waals surface area contributed by atoms with Crippen LogP contribution in [-0.2, 0) is 38.8 Å². The molecular weight excluding hydrogens is 570 g/mol. The number of aliphatic hydroxyl groups is 1. The highest BCUT2D eigenvalue weighted by Gasteiger charge is 2.50. The van der Waals surface area contributed by atoms with Crippen LogP contribution >= 0.6 is 0 Å². The number of carbonyl (C=O) groups excluding carboxylic acids is 2. The highest BCUT2D eigenvalue weighted by Crippen LogP contribution is 2.33. The second-order valence-corrected chi connectivity index (χ2v) is 11.0. The number of hydrogen-bond acceptors (Lipinski definition) is 7. The standard InChI is InChI=1S/C37H39NO7/c1-38(36(41)31-20-12-11-19-30(31)23-40)33-35(43-25-28-15-7-3-8-16-28)34(42-24-27-13-5-2-6-14-27)32(21-22-39)45-37(33)44-26-29-17-9-4-10-18-29/h2-20,23,32-35,37,39H,21-22,24-26H2,1H3. The van der Waals surface area contributed by atoms with Crippen molar-refractivity contribution in [2.24, 2.45) is 0 Å². The highest BCUT2D eigenvalue weighted by atomic mass is 16.7. The quantitative estimate of drug-likeness (QED) is 0.191. The number of nitrogens with zero attached hydrogens (tertiary/aromatic N) is 1. The van der Waals surface area contributed by atoms with Crippen LogP contribution in [0.15, 0.2) is 115 Å². The topological polar surface area (TPSA) is 94.5 Å². The molecule has 234 valence electrons.